The molecule has 5 nitrogen and oxygen atoms in total. The Bertz CT molecular complexity index is 454. The minimum absolute atomic E-state index is 0. The summed E-state index contributed by atoms with van der Waals surface area (Å²) in [6.45, 7) is 7.57. The molecule has 0 aliphatic rings. The summed E-state index contributed by atoms with van der Waals surface area (Å²) in [6, 6.07) is 1.88. The van der Waals surface area contributed by atoms with E-state index in [-0.39, 0.29) is 30.8 Å². The normalized spacial score (nSPS) is 9.62. The first kappa shape index (κ1) is 22.2. The van der Waals surface area contributed by atoms with Crippen molar-refractivity contribution in [3.05, 3.63) is 23.0 Å². The van der Waals surface area contributed by atoms with E-state index in [1.54, 1.807) is 6.92 Å². The molecule has 0 bridgehead atoms. The van der Waals surface area contributed by atoms with Crippen molar-refractivity contribution in [1.82, 2.24) is 9.88 Å². The number of likely N-dealkylation sites (N-methyl/N-ethyl adjacent to an activating group) is 1. The summed E-state index contributed by atoms with van der Waals surface area (Å²) in [5.74, 6) is -0.320. The molecular weight excluding hydrogens is 313 g/mol. The van der Waals surface area contributed by atoms with Crippen LogP contribution in [0.1, 0.15) is 28.7 Å². The average molecular weight is 338 g/mol. The molecule has 0 spiro atoms. The zero-order valence-electron chi connectivity index (χ0n) is 13.2. The van der Waals surface area contributed by atoms with Crippen LogP contribution < -0.4 is 5.32 Å². The van der Waals surface area contributed by atoms with E-state index in [4.69, 9.17) is 4.74 Å². The minimum Gasteiger partial charge on any atom is -0.462 e. The number of carbonyl (C=O) groups is 1. The van der Waals surface area contributed by atoms with E-state index in [0.717, 1.165) is 24.5 Å². The average Bonchev–Trinajstić information content (AvgIpc) is 2.27. The lowest BCUT2D eigenvalue weighted by molar-refractivity contribution is 0.0526. The highest BCUT2D eigenvalue weighted by atomic mass is 35.5. The third-order valence-corrected chi connectivity index (χ3v) is 2.68. The van der Waals surface area contributed by atoms with Gasteiger partial charge in [0.2, 0.25) is 0 Å². The number of halogens is 2. The number of ether oxygens (including phenoxy) is 1. The van der Waals surface area contributed by atoms with Crippen LogP contribution in [-0.2, 0) is 4.74 Å². The van der Waals surface area contributed by atoms with Gasteiger partial charge in [-0.05, 0) is 40.9 Å². The molecule has 1 rings (SSSR count). The first-order chi connectivity index (χ1) is 8.95. The maximum atomic E-state index is 12.0. The summed E-state index contributed by atoms with van der Waals surface area (Å²) in [7, 11) is 4.02. The molecule has 0 aliphatic heterocycles. The van der Waals surface area contributed by atoms with Gasteiger partial charge in [-0.3, -0.25) is 4.98 Å². The predicted octanol–water partition coefficient (Wildman–Crippen LogP) is 2.69. The molecular formula is C14H25Cl2N3O2. The fourth-order valence-electron chi connectivity index (χ4n) is 1.84. The highest BCUT2D eigenvalue weighted by Gasteiger charge is 2.17. The van der Waals surface area contributed by atoms with Gasteiger partial charge in [-0.1, -0.05) is 0 Å². The van der Waals surface area contributed by atoms with Crippen molar-refractivity contribution in [3.8, 4) is 0 Å². The third kappa shape index (κ3) is 6.98. The Kier molecular flexibility index (Phi) is 11.3. The van der Waals surface area contributed by atoms with E-state index in [2.05, 4.69) is 15.2 Å². The number of aromatic nitrogens is 1. The number of pyridine rings is 1. The molecule has 0 saturated carbocycles. The van der Waals surface area contributed by atoms with Crippen LogP contribution >= 0.6 is 24.8 Å². The molecule has 0 radical (unpaired) electrons. The van der Waals surface area contributed by atoms with Gasteiger partial charge in [0.05, 0.1) is 18.0 Å². The van der Waals surface area contributed by atoms with Crippen LogP contribution in [0.15, 0.2) is 6.07 Å². The fraction of sp³-hybridized carbons (Fsp3) is 0.571. The topological polar surface area (TPSA) is 54.5 Å². The highest BCUT2D eigenvalue weighted by molar-refractivity contribution is 5.96. The Labute approximate surface area is 139 Å². The van der Waals surface area contributed by atoms with Crippen molar-refractivity contribution in [1.29, 1.82) is 0 Å². The number of esters is 1. The summed E-state index contributed by atoms with van der Waals surface area (Å²) in [4.78, 5) is 18.4. The smallest absolute Gasteiger partial charge is 0.342 e. The molecule has 1 heterocycles. The molecule has 0 aliphatic carbocycles. The second-order valence-corrected chi connectivity index (χ2v) is 4.72. The number of nitrogens with one attached hydrogen (secondary N) is 1. The number of carbonyl (C=O) groups excluding carboxylic acids is 1. The van der Waals surface area contributed by atoms with Crippen molar-refractivity contribution in [2.75, 3.05) is 39.1 Å². The predicted molar refractivity (Wildman–Crippen MR) is 91.2 cm³/mol. The maximum absolute atomic E-state index is 12.0. The zero-order valence-corrected chi connectivity index (χ0v) is 14.9. The Morgan fingerprint density at radius 2 is 1.95 bits per heavy atom. The lowest BCUT2D eigenvalue weighted by Crippen LogP contribution is -2.22. The number of anilines is 1. The molecule has 21 heavy (non-hydrogen) atoms. The first-order valence-electron chi connectivity index (χ1n) is 6.49. The molecule has 0 atom stereocenters. The van der Waals surface area contributed by atoms with E-state index < -0.39 is 0 Å². The second kappa shape index (κ2) is 10.7. The summed E-state index contributed by atoms with van der Waals surface area (Å²) in [5.41, 5.74) is 2.92. The molecule has 0 saturated heterocycles. The van der Waals surface area contributed by atoms with Gasteiger partial charge in [-0.15, -0.1) is 24.8 Å². The maximum Gasteiger partial charge on any atom is 0.342 e. The SMILES string of the molecule is CCOC(=O)c1c(NCCN(C)C)cc(C)nc1C.Cl.Cl. The summed E-state index contributed by atoms with van der Waals surface area (Å²) < 4.78 is 5.09. The van der Waals surface area contributed by atoms with Crippen LogP contribution in [0.25, 0.3) is 0 Å². The second-order valence-electron chi connectivity index (χ2n) is 4.72. The largest absolute Gasteiger partial charge is 0.462 e. The van der Waals surface area contributed by atoms with E-state index in [1.165, 1.54) is 0 Å². The van der Waals surface area contributed by atoms with Gasteiger partial charge in [0, 0.05) is 18.8 Å². The number of hydrogen-bond donors (Lipinski definition) is 1. The van der Waals surface area contributed by atoms with Crippen LogP contribution in [0.5, 0.6) is 0 Å². The van der Waals surface area contributed by atoms with Crippen LogP contribution in [0, 0.1) is 13.8 Å². The van der Waals surface area contributed by atoms with Gasteiger partial charge in [0.15, 0.2) is 0 Å². The van der Waals surface area contributed by atoms with Crippen LogP contribution in [0.3, 0.4) is 0 Å². The first-order valence-corrected chi connectivity index (χ1v) is 6.49. The van der Waals surface area contributed by atoms with Gasteiger partial charge in [0.1, 0.15) is 5.56 Å². The lowest BCUT2D eigenvalue weighted by Gasteiger charge is -2.16. The molecule has 1 aromatic rings. The fourth-order valence-corrected chi connectivity index (χ4v) is 1.84. The molecule has 7 heteroatoms. The van der Waals surface area contributed by atoms with E-state index >= 15 is 0 Å². The van der Waals surface area contributed by atoms with Crippen molar-refractivity contribution in [2.24, 2.45) is 0 Å². The molecule has 0 unspecified atom stereocenters. The lowest BCUT2D eigenvalue weighted by atomic mass is 10.1. The summed E-state index contributed by atoms with van der Waals surface area (Å²) >= 11 is 0. The molecule has 0 aromatic carbocycles. The number of aryl methyl sites for hydroxylation is 2. The van der Waals surface area contributed by atoms with Crippen molar-refractivity contribution < 1.29 is 9.53 Å². The minimum atomic E-state index is -0.320. The quantitative estimate of drug-likeness (QED) is 0.809. The zero-order chi connectivity index (χ0) is 14.4. The molecule has 0 fully saturated rings. The number of rotatable bonds is 6. The van der Waals surface area contributed by atoms with Crippen molar-refractivity contribution >= 4 is 36.5 Å². The van der Waals surface area contributed by atoms with Gasteiger partial charge in [-0.2, -0.15) is 0 Å². The Hall–Kier alpha value is -1.04. The Morgan fingerprint density at radius 1 is 1.33 bits per heavy atom. The van der Waals surface area contributed by atoms with E-state index in [1.807, 2.05) is 34.0 Å². The van der Waals surface area contributed by atoms with Crippen LogP contribution in [0.2, 0.25) is 0 Å². The van der Waals surface area contributed by atoms with E-state index in [0.29, 0.717) is 17.9 Å². The Balaban J connectivity index is 0. The van der Waals surface area contributed by atoms with Crippen LogP contribution in [0.4, 0.5) is 5.69 Å². The molecule has 0 amide bonds. The monoisotopic (exact) mass is 337 g/mol. The number of hydrogen-bond acceptors (Lipinski definition) is 5. The third-order valence-electron chi connectivity index (χ3n) is 2.68. The summed E-state index contributed by atoms with van der Waals surface area (Å²) in [5, 5.41) is 3.28. The van der Waals surface area contributed by atoms with Gasteiger partial charge >= 0.3 is 5.97 Å². The molecule has 1 aromatic heterocycles. The van der Waals surface area contributed by atoms with Crippen molar-refractivity contribution in [2.45, 2.75) is 20.8 Å². The highest BCUT2D eigenvalue weighted by Crippen LogP contribution is 2.20. The van der Waals surface area contributed by atoms with Gasteiger partial charge in [0.25, 0.3) is 0 Å². The van der Waals surface area contributed by atoms with Gasteiger partial charge in [-0.25, -0.2) is 4.79 Å². The summed E-state index contributed by atoms with van der Waals surface area (Å²) in [6.07, 6.45) is 0. The number of nitrogens with zero attached hydrogens (tertiary/aromatic N) is 2. The van der Waals surface area contributed by atoms with Gasteiger partial charge < -0.3 is 15.0 Å². The Morgan fingerprint density at radius 3 is 2.48 bits per heavy atom. The standard InChI is InChI=1S/C14H23N3O2.2ClH/c1-6-19-14(18)13-11(3)16-10(2)9-12(13)15-7-8-17(4)5;;/h9H,6-8H2,1-5H3,(H,15,16);2*1H. The molecule has 122 valence electrons. The molecule has 1 N–H and O–H groups in total. The van der Waals surface area contributed by atoms with Crippen LogP contribution in [-0.4, -0.2) is 49.6 Å². The van der Waals surface area contributed by atoms with E-state index in [9.17, 15) is 4.79 Å². The van der Waals surface area contributed by atoms with Crippen molar-refractivity contribution in [3.63, 3.8) is 0 Å².